The maximum absolute atomic E-state index is 3.54. The van der Waals surface area contributed by atoms with Gasteiger partial charge in [0.2, 0.25) is 0 Å². The molecule has 3 nitrogen and oxygen atoms in total. The lowest BCUT2D eigenvalue weighted by Gasteiger charge is -2.42. The summed E-state index contributed by atoms with van der Waals surface area (Å²) < 4.78 is 2.58. The topological polar surface area (TPSA) is 18.5 Å². The predicted molar refractivity (Wildman–Crippen MR) is 57.6 cm³/mol. The van der Waals surface area contributed by atoms with E-state index in [4.69, 9.17) is 0 Å². The summed E-state index contributed by atoms with van der Waals surface area (Å²) in [6, 6.07) is 1.57. The summed E-state index contributed by atoms with van der Waals surface area (Å²) in [5, 5.41) is 3.54. The fourth-order valence-corrected chi connectivity index (χ4v) is 3.15. The third-order valence-electron chi connectivity index (χ3n) is 3.42. The minimum Gasteiger partial charge on any atom is -0.388 e. The van der Waals surface area contributed by atoms with Crippen molar-refractivity contribution in [3.63, 3.8) is 0 Å². The SMILES string of the molecule is C[C@@H]1CCNCC2C[N]([AlH2])CCN21. The van der Waals surface area contributed by atoms with Gasteiger partial charge in [0, 0.05) is 25.2 Å². The monoisotopic (exact) mass is 197 g/mol. The molecule has 74 valence electrons. The zero-order valence-corrected chi connectivity index (χ0v) is 10.8. The highest BCUT2D eigenvalue weighted by Crippen LogP contribution is 2.15. The molecule has 0 radical (unpaired) electrons. The van der Waals surface area contributed by atoms with Gasteiger partial charge in [-0.05, 0) is 33.0 Å². The lowest BCUT2D eigenvalue weighted by Crippen LogP contribution is -2.56. The van der Waals surface area contributed by atoms with E-state index in [-0.39, 0.29) is 0 Å². The van der Waals surface area contributed by atoms with Crippen molar-refractivity contribution in [1.82, 2.24) is 14.1 Å². The van der Waals surface area contributed by atoms with E-state index in [0.717, 1.165) is 12.1 Å². The molecule has 0 aromatic heterocycles. The molecule has 1 unspecified atom stereocenters. The fraction of sp³-hybridized carbons (Fsp3) is 1.00. The molecule has 2 atom stereocenters. The van der Waals surface area contributed by atoms with Gasteiger partial charge in [0.25, 0.3) is 0 Å². The second-order valence-corrected chi connectivity index (χ2v) is 5.76. The van der Waals surface area contributed by atoms with Crippen molar-refractivity contribution in [2.45, 2.75) is 25.4 Å². The predicted octanol–water partition coefficient (Wildman–Crippen LogP) is -1.10. The number of hydrogen-bond acceptors (Lipinski definition) is 3. The molecule has 0 spiro atoms. The minimum absolute atomic E-state index is 0.781. The first kappa shape index (κ1) is 9.95. The van der Waals surface area contributed by atoms with Crippen molar-refractivity contribution in [1.29, 1.82) is 0 Å². The van der Waals surface area contributed by atoms with Gasteiger partial charge < -0.3 is 9.20 Å². The highest BCUT2D eigenvalue weighted by atomic mass is 27.1. The van der Waals surface area contributed by atoms with Crippen LogP contribution in [0, 0.1) is 0 Å². The van der Waals surface area contributed by atoms with Gasteiger partial charge >= 0.3 is 16.5 Å². The minimum atomic E-state index is 0.781. The third-order valence-corrected chi connectivity index (χ3v) is 4.23. The van der Waals surface area contributed by atoms with Crippen LogP contribution in [0.1, 0.15) is 13.3 Å². The van der Waals surface area contributed by atoms with Gasteiger partial charge in [-0.15, -0.1) is 0 Å². The number of hydrogen-bond donors (Lipinski definition) is 1. The number of rotatable bonds is 0. The number of piperazine rings is 1. The molecule has 0 aromatic rings. The smallest absolute Gasteiger partial charge is 0.321 e. The first-order valence-electron chi connectivity index (χ1n) is 5.42. The Morgan fingerprint density at radius 1 is 1.38 bits per heavy atom. The van der Waals surface area contributed by atoms with Crippen LogP contribution in [0.5, 0.6) is 0 Å². The molecule has 2 fully saturated rings. The number of nitrogens with zero attached hydrogens (tertiary/aromatic N) is 2. The van der Waals surface area contributed by atoms with E-state index in [1.54, 1.807) is 0 Å². The third kappa shape index (κ3) is 2.26. The molecule has 2 aliphatic rings. The van der Waals surface area contributed by atoms with Crippen LogP contribution in [0.15, 0.2) is 0 Å². The summed E-state index contributed by atoms with van der Waals surface area (Å²) in [5.41, 5.74) is 0. The Balaban J connectivity index is 2.02. The van der Waals surface area contributed by atoms with E-state index < -0.39 is 0 Å². The van der Waals surface area contributed by atoms with E-state index >= 15 is 0 Å². The summed E-state index contributed by atoms with van der Waals surface area (Å²) >= 11 is 1.23. The van der Waals surface area contributed by atoms with Crippen molar-refractivity contribution in [2.24, 2.45) is 0 Å². The molecule has 2 rings (SSSR count). The van der Waals surface area contributed by atoms with Crippen LogP contribution in [0.25, 0.3) is 0 Å². The molecule has 0 amide bonds. The molecule has 0 bridgehead atoms. The summed E-state index contributed by atoms with van der Waals surface area (Å²) in [5.74, 6) is 0. The van der Waals surface area contributed by atoms with Crippen LogP contribution in [-0.4, -0.2) is 70.1 Å². The van der Waals surface area contributed by atoms with Gasteiger partial charge in [0.1, 0.15) is 0 Å². The second kappa shape index (κ2) is 4.29. The molecule has 2 heterocycles. The van der Waals surface area contributed by atoms with Crippen LogP contribution >= 0.6 is 0 Å². The fourth-order valence-electron chi connectivity index (χ4n) is 2.53. The van der Waals surface area contributed by atoms with Crippen LogP contribution in [0.4, 0.5) is 0 Å². The van der Waals surface area contributed by atoms with Crippen LogP contribution in [0.2, 0.25) is 0 Å². The van der Waals surface area contributed by atoms with Crippen molar-refractivity contribution in [3.05, 3.63) is 0 Å². The first-order chi connectivity index (χ1) is 6.27. The van der Waals surface area contributed by atoms with Crippen LogP contribution in [-0.2, 0) is 0 Å². The standard InChI is InChI=1S/C9H18N3.Al.2H/c1-8-2-3-10-6-9-7-11-4-5-12(8)9;;;/h8-10H,2-7H2,1H3;;;/q-1;+1;;/t8-,9?;;;/m1.../s1. The van der Waals surface area contributed by atoms with Crippen LogP contribution < -0.4 is 5.32 Å². The lowest BCUT2D eigenvalue weighted by molar-refractivity contribution is 0.0911. The van der Waals surface area contributed by atoms with Crippen LogP contribution in [0.3, 0.4) is 0 Å². The van der Waals surface area contributed by atoms with Crippen molar-refractivity contribution < 1.29 is 0 Å². The highest BCUT2D eigenvalue weighted by molar-refractivity contribution is 6.04. The average Bonchev–Trinajstić information content (AvgIpc) is 2.28. The largest absolute Gasteiger partial charge is 0.388 e. The molecule has 2 saturated heterocycles. The molecule has 4 heteroatoms. The van der Waals surface area contributed by atoms with E-state index in [1.165, 1.54) is 55.7 Å². The zero-order valence-electron chi connectivity index (χ0n) is 8.79. The number of fused-ring (bicyclic) bond motifs is 1. The molecule has 13 heavy (non-hydrogen) atoms. The van der Waals surface area contributed by atoms with E-state index in [2.05, 4.69) is 21.0 Å². The van der Waals surface area contributed by atoms with Crippen molar-refractivity contribution in [3.8, 4) is 0 Å². The molecule has 0 saturated carbocycles. The molecule has 2 aliphatic heterocycles. The molecule has 0 aliphatic carbocycles. The highest BCUT2D eigenvalue weighted by Gasteiger charge is 2.29. The molecular weight excluding hydrogens is 177 g/mol. The Morgan fingerprint density at radius 3 is 3.08 bits per heavy atom. The Hall–Kier alpha value is 0.412. The van der Waals surface area contributed by atoms with E-state index in [9.17, 15) is 0 Å². The molecule has 1 N–H and O–H groups in total. The molecule has 0 aromatic carbocycles. The van der Waals surface area contributed by atoms with E-state index in [1.807, 2.05) is 0 Å². The summed E-state index contributed by atoms with van der Waals surface area (Å²) in [7, 11) is 0. The summed E-state index contributed by atoms with van der Waals surface area (Å²) in [6.45, 7) is 8.66. The average molecular weight is 197 g/mol. The zero-order chi connectivity index (χ0) is 9.26. The van der Waals surface area contributed by atoms with E-state index in [0.29, 0.717) is 0 Å². The Bertz CT molecular complexity index is 176. The molecular formula is C9H20AlN3. The first-order valence-corrected chi connectivity index (χ1v) is 6.32. The quantitative estimate of drug-likeness (QED) is 0.497. The van der Waals surface area contributed by atoms with Crippen molar-refractivity contribution in [2.75, 3.05) is 32.7 Å². The van der Waals surface area contributed by atoms with Gasteiger partial charge in [-0.1, -0.05) is 0 Å². The maximum atomic E-state index is 3.54. The Labute approximate surface area is 89.1 Å². The Morgan fingerprint density at radius 2 is 2.23 bits per heavy atom. The van der Waals surface area contributed by atoms with Crippen molar-refractivity contribution >= 4 is 16.5 Å². The summed E-state index contributed by atoms with van der Waals surface area (Å²) in [4.78, 5) is 2.70. The Kier molecular flexibility index (Phi) is 3.28. The van der Waals surface area contributed by atoms with Gasteiger partial charge in [-0.3, -0.25) is 4.90 Å². The number of nitrogens with one attached hydrogen (secondary N) is 1. The van der Waals surface area contributed by atoms with Gasteiger partial charge in [0.15, 0.2) is 0 Å². The normalized spacial score (nSPS) is 38.2. The van der Waals surface area contributed by atoms with Gasteiger partial charge in [-0.25, -0.2) is 0 Å². The second-order valence-electron chi connectivity index (χ2n) is 4.50. The van der Waals surface area contributed by atoms with Gasteiger partial charge in [-0.2, -0.15) is 0 Å². The lowest BCUT2D eigenvalue weighted by atomic mass is 10.1. The van der Waals surface area contributed by atoms with Gasteiger partial charge in [0.05, 0.1) is 0 Å². The summed E-state index contributed by atoms with van der Waals surface area (Å²) in [6.07, 6.45) is 1.32. The maximum Gasteiger partial charge on any atom is 0.321 e.